The molecule has 0 spiro atoms. The molecule has 5 nitrogen and oxygen atoms in total. The maximum atomic E-state index is 12.3. The van der Waals surface area contributed by atoms with Gasteiger partial charge in [0, 0.05) is 25.3 Å². The van der Waals surface area contributed by atoms with Crippen molar-refractivity contribution >= 4 is 17.5 Å². The number of nitrogens with zero attached hydrogens (tertiary/aromatic N) is 2. The number of carbonyl (C=O) groups is 2. The number of amides is 2. The summed E-state index contributed by atoms with van der Waals surface area (Å²) in [6, 6.07) is 20.2. The molecular weight excluding hydrogens is 350 g/mol. The number of hydrogen-bond acceptors (Lipinski definition) is 3. The Balaban J connectivity index is 1.47. The second kappa shape index (κ2) is 9.83. The first kappa shape index (κ1) is 19.8. The number of benzene rings is 2. The highest BCUT2D eigenvalue weighted by Gasteiger charge is 2.22. The minimum Gasteiger partial charge on any atom is -0.354 e. The molecule has 3 rings (SSSR count). The van der Waals surface area contributed by atoms with E-state index in [0.29, 0.717) is 19.4 Å². The van der Waals surface area contributed by atoms with Crippen LogP contribution in [0.15, 0.2) is 65.8 Å². The summed E-state index contributed by atoms with van der Waals surface area (Å²) >= 11 is 0. The van der Waals surface area contributed by atoms with Crippen LogP contribution in [0.25, 0.3) is 0 Å². The van der Waals surface area contributed by atoms with Crippen molar-refractivity contribution in [1.29, 1.82) is 0 Å². The Kier molecular flexibility index (Phi) is 6.95. The summed E-state index contributed by atoms with van der Waals surface area (Å²) in [5.41, 5.74) is 3.20. The number of nitrogens with one attached hydrogen (secondary N) is 1. The highest BCUT2D eigenvalue weighted by Crippen LogP contribution is 2.15. The summed E-state index contributed by atoms with van der Waals surface area (Å²) in [6.45, 7) is 2.32. The molecule has 0 aromatic heterocycles. The third-order valence-electron chi connectivity index (χ3n) is 4.88. The van der Waals surface area contributed by atoms with E-state index in [-0.39, 0.29) is 24.3 Å². The van der Waals surface area contributed by atoms with Crippen molar-refractivity contribution in [3.63, 3.8) is 0 Å². The van der Waals surface area contributed by atoms with E-state index in [2.05, 4.69) is 22.6 Å². The lowest BCUT2D eigenvalue weighted by Gasteiger charge is -2.24. The smallest absolute Gasteiger partial charge is 0.243 e. The molecule has 1 heterocycles. The molecule has 0 bridgehead atoms. The third kappa shape index (κ3) is 5.78. The van der Waals surface area contributed by atoms with E-state index in [4.69, 9.17) is 0 Å². The van der Waals surface area contributed by atoms with Gasteiger partial charge in [0.05, 0.1) is 12.3 Å². The topological polar surface area (TPSA) is 61.8 Å². The summed E-state index contributed by atoms with van der Waals surface area (Å²) in [7, 11) is 0. The summed E-state index contributed by atoms with van der Waals surface area (Å²) < 4.78 is 0. The fourth-order valence-electron chi connectivity index (χ4n) is 3.27. The molecule has 1 N–H and O–H groups in total. The lowest BCUT2D eigenvalue weighted by Crippen LogP contribution is -2.38. The van der Waals surface area contributed by atoms with E-state index < -0.39 is 0 Å². The van der Waals surface area contributed by atoms with E-state index in [0.717, 1.165) is 24.1 Å². The Morgan fingerprint density at radius 3 is 2.46 bits per heavy atom. The summed E-state index contributed by atoms with van der Waals surface area (Å²) in [4.78, 5) is 24.4. The molecule has 1 aliphatic heterocycles. The second-order valence-electron chi connectivity index (χ2n) is 7.17. The van der Waals surface area contributed by atoms with Gasteiger partial charge in [0.15, 0.2) is 0 Å². The van der Waals surface area contributed by atoms with Gasteiger partial charge in [-0.15, -0.1) is 0 Å². The highest BCUT2D eigenvalue weighted by atomic mass is 16.2. The summed E-state index contributed by atoms with van der Waals surface area (Å²) in [5, 5.41) is 8.95. The van der Waals surface area contributed by atoms with Crippen molar-refractivity contribution in [3.05, 3.63) is 71.8 Å². The molecule has 28 heavy (non-hydrogen) atoms. The molecule has 0 saturated carbocycles. The Labute approximate surface area is 166 Å². The van der Waals surface area contributed by atoms with Crippen molar-refractivity contribution < 1.29 is 9.59 Å². The fraction of sp³-hybridized carbons (Fsp3) is 0.348. The number of carbonyl (C=O) groups excluding carboxylic acids is 2. The van der Waals surface area contributed by atoms with Crippen molar-refractivity contribution in [2.75, 3.05) is 6.54 Å². The molecule has 146 valence electrons. The number of rotatable bonds is 8. The van der Waals surface area contributed by atoms with Gasteiger partial charge in [-0.2, -0.15) is 5.10 Å². The van der Waals surface area contributed by atoms with Gasteiger partial charge in [-0.3, -0.25) is 9.59 Å². The van der Waals surface area contributed by atoms with Gasteiger partial charge >= 0.3 is 0 Å². The Morgan fingerprint density at radius 2 is 1.75 bits per heavy atom. The summed E-state index contributed by atoms with van der Waals surface area (Å²) in [6.07, 6.45) is 3.14. The molecular formula is C23H27N3O2. The minimum absolute atomic E-state index is 0.0235. The normalized spacial score (nSPS) is 15.1. The third-order valence-corrected chi connectivity index (χ3v) is 4.88. The van der Waals surface area contributed by atoms with Crippen molar-refractivity contribution in [2.24, 2.45) is 5.10 Å². The SMILES string of the molecule is C[C@@H](CCc1ccccc1)NC(=O)CCN1N=C(c2ccccc2)CCC1=O. The zero-order chi connectivity index (χ0) is 19.8. The molecule has 1 aliphatic rings. The number of hydrogen-bond donors (Lipinski definition) is 1. The maximum Gasteiger partial charge on any atom is 0.243 e. The van der Waals surface area contributed by atoms with Crippen LogP contribution in [-0.2, 0) is 16.0 Å². The number of hydrazone groups is 1. The predicted octanol–water partition coefficient (Wildman–Crippen LogP) is 3.54. The van der Waals surface area contributed by atoms with Gasteiger partial charge in [0.25, 0.3) is 0 Å². The van der Waals surface area contributed by atoms with E-state index in [1.807, 2.05) is 55.5 Å². The lowest BCUT2D eigenvalue weighted by molar-refractivity contribution is -0.132. The van der Waals surface area contributed by atoms with Crippen LogP contribution in [0.2, 0.25) is 0 Å². The molecule has 0 radical (unpaired) electrons. The second-order valence-corrected chi connectivity index (χ2v) is 7.17. The van der Waals surface area contributed by atoms with Crippen LogP contribution in [-0.4, -0.2) is 35.1 Å². The largest absolute Gasteiger partial charge is 0.354 e. The van der Waals surface area contributed by atoms with Crippen molar-refractivity contribution in [2.45, 2.75) is 45.1 Å². The van der Waals surface area contributed by atoms with Gasteiger partial charge in [-0.05, 0) is 30.9 Å². The average molecular weight is 377 g/mol. The van der Waals surface area contributed by atoms with Gasteiger partial charge < -0.3 is 5.32 Å². The van der Waals surface area contributed by atoms with Crippen LogP contribution in [0.1, 0.15) is 43.7 Å². The summed E-state index contributed by atoms with van der Waals surface area (Å²) in [5.74, 6) is -0.0694. The molecule has 2 amide bonds. The van der Waals surface area contributed by atoms with Gasteiger partial charge in [-0.25, -0.2) is 5.01 Å². The van der Waals surface area contributed by atoms with E-state index in [1.54, 1.807) is 0 Å². The molecule has 2 aromatic carbocycles. The lowest BCUT2D eigenvalue weighted by atomic mass is 10.0. The quantitative estimate of drug-likeness (QED) is 0.765. The first-order valence-corrected chi connectivity index (χ1v) is 9.88. The van der Waals surface area contributed by atoms with Crippen molar-refractivity contribution in [3.8, 4) is 0 Å². The zero-order valence-electron chi connectivity index (χ0n) is 16.3. The first-order valence-electron chi connectivity index (χ1n) is 9.88. The Hall–Kier alpha value is -2.95. The van der Waals surface area contributed by atoms with Gasteiger partial charge in [0.2, 0.25) is 11.8 Å². The van der Waals surface area contributed by atoms with Gasteiger partial charge in [0.1, 0.15) is 0 Å². The average Bonchev–Trinajstić information content (AvgIpc) is 2.73. The fourth-order valence-corrected chi connectivity index (χ4v) is 3.27. The molecule has 0 aliphatic carbocycles. The molecule has 0 fully saturated rings. The van der Waals surface area contributed by atoms with Crippen LogP contribution in [0.3, 0.4) is 0 Å². The molecule has 0 unspecified atom stereocenters. The van der Waals surface area contributed by atoms with Gasteiger partial charge in [-0.1, -0.05) is 60.7 Å². The first-order chi connectivity index (χ1) is 13.6. The maximum absolute atomic E-state index is 12.3. The zero-order valence-corrected chi connectivity index (χ0v) is 16.3. The van der Waals surface area contributed by atoms with Crippen LogP contribution in [0.5, 0.6) is 0 Å². The van der Waals surface area contributed by atoms with E-state index in [9.17, 15) is 9.59 Å². The number of aryl methyl sites for hydroxylation is 1. The molecule has 0 saturated heterocycles. The predicted molar refractivity (Wildman–Crippen MR) is 111 cm³/mol. The highest BCUT2D eigenvalue weighted by molar-refractivity contribution is 6.04. The molecule has 2 aromatic rings. The molecule has 1 atom stereocenters. The molecule has 5 heteroatoms. The van der Waals surface area contributed by atoms with Crippen molar-refractivity contribution in [1.82, 2.24) is 10.3 Å². The Morgan fingerprint density at radius 1 is 1.07 bits per heavy atom. The standard InChI is InChI=1S/C23H27N3O2/c1-18(12-13-19-8-4-2-5-9-19)24-22(27)16-17-26-23(28)15-14-21(25-26)20-10-6-3-7-11-20/h2-11,18H,12-17H2,1H3,(H,24,27)/t18-/m0/s1. The monoisotopic (exact) mass is 377 g/mol. The van der Waals surface area contributed by atoms with Crippen LogP contribution in [0.4, 0.5) is 0 Å². The van der Waals surface area contributed by atoms with E-state index in [1.165, 1.54) is 10.6 Å². The minimum atomic E-state index is -0.0459. The van der Waals surface area contributed by atoms with E-state index >= 15 is 0 Å². The van der Waals surface area contributed by atoms with Crippen LogP contribution in [0, 0.1) is 0 Å². The van der Waals surface area contributed by atoms with Crippen LogP contribution < -0.4 is 5.32 Å². The Bertz CT molecular complexity index is 818. The van der Waals surface area contributed by atoms with Crippen LogP contribution >= 0.6 is 0 Å².